The Morgan fingerprint density at radius 1 is 0.588 bits per heavy atom. The van der Waals surface area contributed by atoms with E-state index in [0.29, 0.717) is 0 Å². The first-order valence-electron chi connectivity index (χ1n) is 12.7. The molecule has 0 aliphatic carbocycles. The molecule has 0 saturated heterocycles. The van der Waals surface area contributed by atoms with E-state index in [-0.39, 0.29) is 0 Å². The molecule has 2 aromatic rings. The fraction of sp³-hybridized carbons (Fsp3) is 0.353. The minimum atomic E-state index is 0.936. The van der Waals surface area contributed by atoms with Gasteiger partial charge in [0.05, 0.1) is 0 Å². The predicted octanol–water partition coefficient (Wildman–Crippen LogP) is 9.77. The molecule has 34 heavy (non-hydrogen) atoms. The quantitative estimate of drug-likeness (QED) is 0.236. The highest BCUT2D eigenvalue weighted by molar-refractivity contribution is 5.47. The Labute approximate surface area is 209 Å². The first kappa shape index (κ1) is 27.2. The molecule has 0 saturated carbocycles. The summed E-state index contributed by atoms with van der Waals surface area (Å²) in [5.41, 5.74) is 9.35. The maximum atomic E-state index is 3.36. The van der Waals surface area contributed by atoms with Crippen molar-refractivity contribution >= 4 is 0 Å². The molecule has 0 aliphatic heterocycles. The molecular weight excluding hydrogens is 408 g/mol. The molecule has 0 radical (unpaired) electrons. The Morgan fingerprint density at radius 3 is 1.74 bits per heavy atom. The van der Waals surface area contributed by atoms with Gasteiger partial charge in [0.25, 0.3) is 0 Å². The molecule has 0 aliphatic rings. The molecule has 2 rings (SSSR count). The first-order chi connectivity index (χ1) is 16.4. The summed E-state index contributed by atoms with van der Waals surface area (Å²) in [6.45, 7) is 11.1. The van der Waals surface area contributed by atoms with E-state index in [4.69, 9.17) is 0 Å². The van der Waals surface area contributed by atoms with Gasteiger partial charge < -0.3 is 0 Å². The zero-order chi connectivity index (χ0) is 24.6. The largest absolute Gasteiger partial charge is 0.0856 e. The number of hydrogen-bond acceptors (Lipinski definition) is 0. The van der Waals surface area contributed by atoms with Gasteiger partial charge in [0.1, 0.15) is 0 Å². The van der Waals surface area contributed by atoms with Gasteiger partial charge in [-0.2, -0.15) is 0 Å². The molecule has 0 nitrogen and oxygen atoms in total. The monoisotopic (exact) mass is 450 g/mol. The number of rotatable bonds is 11. The van der Waals surface area contributed by atoms with Gasteiger partial charge in [-0.25, -0.2) is 0 Å². The summed E-state index contributed by atoms with van der Waals surface area (Å²) < 4.78 is 0. The molecule has 0 spiro atoms. The average molecular weight is 451 g/mol. The zero-order valence-electron chi connectivity index (χ0n) is 22.0. The average Bonchev–Trinajstić information content (AvgIpc) is 2.82. The maximum Gasteiger partial charge on any atom is 0.0284 e. The summed E-state index contributed by atoms with van der Waals surface area (Å²) in [6.07, 6.45) is 17.4. The zero-order valence-corrected chi connectivity index (χ0v) is 22.0. The minimum absolute atomic E-state index is 0.936. The molecule has 0 bridgehead atoms. The Hall–Kier alpha value is -3.04. The second-order valence-corrected chi connectivity index (χ2v) is 9.53. The van der Waals surface area contributed by atoms with Crippen LogP contribution in [0.25, 0.3) is 0 Å². The van der Waals surface area contributed by atoms with Crippen LogP contribution < -0.4 is 0 Å². The van der Waals surface area contributed by atoms with Gasteiger partial charge in [-0.05, 0) is 103 Å². The number of hydrogen-bond donors (Lipinski definition) is 0. The van der Waals surface area contributed by atoms with E-state index in [0.717, 1.165) is 49.7 Å². The lowest BCUT2D eigenvalue weighted by Gasteiger charge is -2.04. The Balaban J connectivity index is 1.80. The van der Waals surface area contributed by atoms with E-state index in [1.165, 1.54) is 34.3 Å². The fourth-order valence-corrected chi connectivity index (χ4v) is 3.75. The molecule has 0 atom stereocenters. The highest BCUT2D eigenvalue weighted by atomic mass is 14.0. The molecule has 178 valence electrons. The van der Waals surface area contributed by atoms with Crippen LogP contribution in [0.5, 0.6) is 0 Å². The molecule has 0 unspecified atom stereocenters. The van der Waals surface area contributed by atoms with Gasteiger partial charge in [-0.3, -0.25) is 0 Å². The second-order valence-electron chi connectivity index (χ2n) is 9.53. The van der Waals surface area contributed by atoms with Crippen molar-refractivity contribution in [1.82, 2.24) is 0 Å². The van der Waals surface area contributed by atoms with Crippen LogP contribution in [-0.2, 0) is 6.42 Å². The summed E-state index contributed by atoms with van der Waals surface area (Å²) >= 11 is 0. The van der Waals surface area contributed by atoms with E-state index in [1.807, 2.05) is 18.2 Å². The van der Waals surface area contributed by atoms with Crippen LogP contribution in [0.2, 0.25) is 0 Å². The van der Waals surface area contributed by atoms with Gasteiger partial charge in [-0.1, -0.05) is 94.8 Å². The highest BCUT2D eigenvalue weighted by Gasteiger charge is 1.99. The Kier molecular flexibility index (Phi) is 12.6. The van der Waals surface area contributed by atoms with Crippen LogP contribution in [0, 0.1) is 11.8 Å². The van der Waals surface area contributed by atoms with Crippen LogP contribution in [0.1, 0.15) is 89.8 Å². The SMILES string of the molecule is CC(C)=CCC/C(C)=C/CC/C(C)=C/CC/C(C)=C/Cc1ccccc1C#Cc1ccccc1. The van der Waals surface area contributed by atoms with Crippen molar-refractivity contribution in [2.75, 3.05) is 0 Å². The van der Waals surface area contributed by atoms with Gasteiger partial charge in [0.2, 0.25) is 0 Å². The number of benzene rings is 2. The Morgan fingerprint density at radius 2 is 1.12 bits per heavy atom. The molecule has 0 aromatic heterocycles. The van der Waals surface area contributed by atoms with Gasteiger partial charge in [-0.15, -0.1) is 0 Å². The van der Waals surface area contributed by atoms with Gasteiger partial charge >= 0.3 is 0 Å². The fourth-order valence-electron chi connectivity index (χ4n) is 3.75. The molecule has 0 fully saturated rings. The van der Waals surface area contributed by atoms with Crippen LogP contribution in [-0.4, -0.2) is 0 Å². The number of allylic oxidation sites excluding steroid dienone is 8. The molecule has 0 amide bonds. The van der Waals surface area contributed by atoms with Crippen molar-refractivity contribution < 1.29 is 0 Å². The molecule has 2 aromatic carbocycles. The van der Waals surface area contributed by atoms with E-state index >= 15 is 0 Å². The normalized spacial score (nSPS) is 12.2. The second kappa shape index (κ2) is 15.7. The maximum absolute atomic E-state index is 3.36. The van der Waals surface area contributed by atoms with E-state index < -0.39 is 0 Å². The third-order valence-corrected chi connectivity index (χ3v) is 5.96. The Bertz CT molecular complexity index is 1060. The third kappa shape index (κ3) is 11.7. The molecular formula is C34H42. The van der Waals surface area contributed by atoms with Crippen LogP contribution >= 0.6 is 0 Å². The van der Waals surface area contributed by atoms with Crippen molar-refractivity contribution in [3.05, 3.63) is 118 Å². The van der Waals surface area contributed by atoms with Crippen LogP contribution in [0.15, 0.2) is 101 Å². The van der Waals surface area contributed by atoms with E-state index in [2.05, 4.69) is 107 Å². The van der Waals surface area contributed by atoms with Gasteiger partial charge in [0.15, 0.2) is 0 Å². The standard InChI is InChI=1S/C34H42/c1-28(2)14-11-15-29(3)16-12-17-30(4)18-13-19-31(5)24-26-33-22-9-10-23-34(33)27-25-32-20-7-6-8-21-32/h6-10,14,16,18,20-24H,11-13,15,17,19,26H2,1-5H3/b29-16+,30-18+,31-24+. The van der Waals surface area contributed by atoms with Crippen molar-refractivity contribution in [2.24, 2.45) is 0 Å². The summed E-state index contributed by atoms with van der Waals surface area (Å²) in [5, 5.41) is 0. The summed E-state index contributed by atoms with van der Waals surface area (Å²) in [7, 11) is 0. The minimum Gasteiger partial charge on any atom is -0.0856 e. The summed E-state index contributed by atoms with van der Waals surface area (Å²) in [5.74, 6) is 6.65. The first-order valence-corrected chi connectivity index (χ1v) is 12.7. The smallest absolute Gasteiger partial charge is 0.0284 e. The van der Waals surface area contributed by atoms with Crippen molar-refractivity contribution in [2.45, 2.75) is 79.6 Å². The van der Waals surface area contributed by atoms with Crippen LogP contribution in [0.4, 0.5) is 0 Å². The molecule has 0 heterocycles. The van der Waals surface area contributed by atoms with Crippen molar-refractivity contribution in [3.63, 3.8) is 0 Å². The summed E-state index contributed by atoms with van der Waals surface area (Å²) in [4.78, 5) is 0. The highest BCUT2D eigenvalue weighted by Crippen LogP contribution is 2.15. The van der Waals surface area contributed by atoms with Crippen LogP contribution in [0.3, 0.4) is 0 Å². The van der Waals surface area contributed by atoms with E-state index in [9.17, 15) is 0 Å². The van der Waals surface area contributed by atoms with Gasteiger partial charge in [0, 0.05) is 11.1 Å². The molecule has 0 N–H and O–H groups in total. The van der Waals surface area contributed by atoms with E-state index in [1.54, 1.807) is 0 Å². The summed E-state index contributed by atoms with van der Waals surface area (Å²) in [6, 6.07) is 18.7. The lowest BCUT2D eigenvalue weighted by atomic mass is 10.0. The van der Waals surface area contributed by atoms with Crippen molar-refractivity contribution in [1.29, 1.82) is 0 Å². The van der Waals surface area contributed by atoms with Crippen molar-refractivity contribution in [3.8, 4) is 11.8 Å². The third-order valence-electron chi connectivity index (χ3n) is 5.96. The molecule has 0 heteroatoms. The lowest BCUT2D eigenvalue weighted by Crippen LogP contribution is -1.89. The topological polar surface area (TPSA) is 0 Å². The lowest BCUT2D eigenvalue weighted by molar-refractivity contribution is 0.898. The predicted molar refractivity (Wildman–Crippen MR) is 151 cm³/mol.